The van der Waals surface area contributed by atoms with Crippen molar-refractivity contribution in [2.24, 2.45) is 5.92 Å². The molecule has 0 heterocycles. The number of Topliss-reactive ketones (excluding diaryl/α,β-unsaturated/α-hetero) is 1. The maximum absolute atomic E-state index is 12.1. The van der Waals surface area contributed by atoms with Gasteiger partial charge in [-0.25, -0.2) is 0 Å². The van der Waals surface area contributed by atoms with E-state index in [0.717, 1.165) is 24.8 Å². The van der Waals surface area contributed by atoms with Gasteiger partial charge in [0.05, 0.1) is 0 Å². The van der Waals surface area contributed by atoms with E-state index in [4.69, 9.17) is 4.74 Å². The zero-order valence-corrected chi connectivity index (χ0v) is 9.90. The van der Waals surface area contributed by atoms with Crippen LogP contribution >= 0.6 is 0 Å². The second-order valence-corrected chi connectivity index (χ2v) is 4.41. The van der Waals surface area contributed by atoms with E-state index in [1.807, 2.05) is 24.3 Å². The van der Waals surface area contributed by atoms with E-state index in [1.54, 1.807) is 7.11 Å². The number of carbonyl (C=O) groups is 1. The lowest BCUT2D eigenvalue weighted by atomic mass is 10.0. The lowest BCUT2D eigenvalue weighted by molar-refractivity contribution is 0.0540. The van der Waals surface area contributed by atoms with Gasteiger partial charge in [0.1, 0.15) is 6.10 Å². The average Bonchev–Trinajstić information content (AvgIpc) is 3.14. The molecule has 2 nitrogen and oxygen atoms in total. The summed E-state index contributed by atoms with van der Waals surface area (Å²) in [5.74, 6) is 0.580. The van der Waals surface area contributed by atoms with E-state index in [-0.39, 0.29) is 11.9 Å². The highest BCUT2D eigenvalue weighted by molar-refractivity contribution is 5.99. The lowest BCUT2D eigenvalue weighted by Crippen LogP contribution is -2.25. The molecule has 86 valence electrons. The Bertz CT molecular complexity index is 363. The molecule has 0 aliphatic heterocycles. The molecule has 1 aromatic rings. The number of carbonyl (C=O) groups excluding carboxylic acids is 1. The van der Waals surface area contributed by atoms with Gasteiger partial charge in [0.15, 0.2) is 5.78 Å². The summed E-state index contributed by atoms with van der Waals surface area (Å²) in [6, 6.07) is 7.87. The van der Waals surface area contributed by atoms with Gasteiger partial charge >= 0.3 is 0 Å². The molecule has 1 unspecified atom stereocenters. The number of ketones is 1. The third kappa shape index (κ3) is 2.33. The monoisotopic (exact) mass is 218 g/mol. The first-order valence-corrected chi connectivity index (χ1v) is 5.92. The van der Waals surface area contributed by atoms with Crippen LogP contribution in [0.25, 0.3) is 0 Å². The second-order valence-electron chi connectivity index (χ2n) is 4.41. The van der Waals surface area contributed by atoms with Crippen LogP contribution in [0.2, 0.25) is 0 Å². The van der Waals surface area contributed by atoms with Crippen LogP contribution in [-0.2, 0) is 11.2 Å². The fraction of sp³-hybridized carbons (Fsp3) is 0.500. The molecule has 1 aromatic carbocycles. The largest absolute Gasteiger partial charge is 0.373 e. The van der Waals surface area contributed by atoms with Crippen LogP contribution in [0.4, 0.5) is 0 Å². The standard InChI is InChI=1S/C14H18O2/c1-3-10-4-6-11(7-5-10)13(15)14(16-2)12-8-9-12/h4-7,12,14H,3,8-9H2,1-2H3. The molecule has 0 radical (unpaired) electrons. The minimum Gasteiger partial charge on any atom is -0.373 e. The zero-order valence-electron chi connectivity index (χ0n) is 9.90. The van der Waals surface area contributed by atoms with Crippen LogP contribution < -0.4 is 0 Å². The highest BCUT2D eigenvalue weighted by Crippen LogP contribution is 2.35. The summed E-state index contributed by atoms with van der Waals surface area (Å²) in [7, 11) is 1.63. The van der Waals surface area contributed by atoms with E-state index in [0.29, 0.717) is 5.92 Å². The molecule has 2 rings (SSSR count). The first-order valence-electron chi connectivity index (χ1n) is 5.92. The van der Waals surface area contributed by atoms with Crippen molar-refractivity contribution in [2.75, 3.05) is 7.11 Å². The predicted molar refractivity (Wildman–Crippen MR) is 63.7 cm³/mol. The Balaban J connectivity index is 2.12. The van der Waals surface area contributed by atoms with Gasteiger partial charge < -0.3 is 4.74 Å². The Hall–Kier alpha value is -1.15. The van der Waals surface area contributed by atoms with Crippen LogP contribution in [0, 0.1) is 5.92 Å². The second kappa shape index (κ2) is 4.79. The molecule has 0 bridgehead atoms. The van der Waals surface area contributed by atoms with Crippen LogP contribution in [0.15, 0.2) is 24.3 Å². The molecule has 0 spiro atoms. The first kappa shape index (κ1) is 11.3. The molecule has 16 heavy (non-hydrogen) atoms. The van der Waals surface area contributed by atoms with Crippen molar-refractivity contribution in [1.82, 2.24) is 0 Å². The van der Waals surface area contributed by atoms with E-state index in [9.17, 15) is 4.79 Å². The highest BCUT2D eigenvalue weighted by atomic mass is 16.5. The van der Waals surface area contributed by atoms with E-state index in [2.05, 4.69) is 6.92 Å². The predicted octanol–water partition coefficient (Wildman–Crippen LogP) is 2.86. The van der Waals surface area contributed by atoms with Crippen molar-refractivity contribution in [3.63, 3.8) is 0 Å². The van der Waals surface area contributed by atoms with Crippen LogP contribution in [0.5, 0.6) is 0 Å². The van der Waals surface area contributed by atoms with Gasteiger partial charge in [0.25, 0.3) is 0 Å². The number of methoxy groups -OCH3 is 1. The van der Waals surface area contributed by atoms with Gasteiger partial charge in [0, 0.05) is 12.7 Å². The normalized spacial score (nSPS) is 17.1. The maximum Gasteiger partial charge on any atom is 0.191 e. The molecule has 0 amide bonds. The molecule has 1 fully saturated rings. The number of hydrogen-bond donors (Lipinski definition) is 0. The quantitative estimate of drug-likeness (QED) is 0.710. The SMILES string of the molecule is CCc1ccc(C(=O)C(OC)C2CC2)cc1. The smallest absolute Gasteiger partial charge is 0.191 e. The fourth-order valence-corrected chi connectivity index (χ4v) is 1.98. The minimum atomic E-state index is -0.229. The highest BCUT2D eigenvalue weighted by Gasteiger charge is 2.36. The van der Waals surface area contributed by atoms with Gasteiger partial charge in [-0.15, -0.1) is 0 Å². The Morgan fingerprint density at radius 2 is 2.00 bits per heavy atom. The summed E-state index contributed by atoms with van der Waals surface area (Å²) >= 11 is 0. The molecule has 1 aliphatic carbocycles. The molecule has 0 saturated heterocycles. The van der Waals surface area contributed by atoms with Gasteiger partial charge in [-0.1, -0.05) is 31.2 Å². The molecule has 0 aromatic heterocycles. The summed E-state index contributed by atoms with van der Waals surface area (Å²) in [5.41, 5.74) is 2.04. The Morgan fingerprint density at radius 1 is 1.38 bits per heavy atom. The molecule has 1 saturated carbocycles. The third-order valence-corrected chi connectivity index (χ3v) is 3.21. The van der Waals surface area contributed by atoms with Crippen molar-refractivity contribution in [3.05, 3.63) is 35.4 Å². The first-order chi connectivity index (χ1) is 7.76. The summed E-state index contributed by atoms with van der Waals surface area (Å²) in [6.45, 7) is 2.11. The number of ether oxygens (including phenoxy) is 1. The van der Waals surface area contributed by atoms with E-state index >= 15 is 0 Å². The lowest BCUT2D eigenvalue weighted by Gasteiger charge is -2.13. The summed E-state index contributed by atoms with van der Waals surface area (Å²) in [5, 5.41) is 0. The summed E-state index contributed by atoms with van der Waals surface area (Å²) < 4.78 is 5.30. The molecule has 1 atom stereocenters. The number of benzene rings is 1. The molecule has 1 aliphatic rings. The van der Waals surface area contributed by atoms with Crippen molar-refractivity contribution in [3.8, 4) is 0 Å². The maximum atomic E-state index is 12.1. The molecular formula is C14H18O2. The molecule has 0 N–H and O–H groups in total. The minimum absolute atomic E-state index is 0.132. The molecule has 2 heteroatoms. The van der Waals surface area contributed by atoms with Gasteiger partial charge in [-0.05, 0) is 30.7 Å². The number of rotatable bonds is 5. The summed E-state index contributed by atoms with van der Waals surface area (Å²) in [6.07, 6.45) is 3.02. The Labute approximate surface area is 96.6 Å². The van der Waals surface area contributed by atoms with Gasteiger partial charge in [-0.2, -0.15) is 0 Å². The third-order valence-electron chi connectivity index (χ3n) is 3.21. The van der Waals surface area contributed by atoms with E-state index in [1.165, 1.54) is 5.56 Å². The fourth-order valence-electron chi connectivity index (χ4n) is 1.98. The van der Waals surface area contributed by atoms with E-state index < -0.39 is 0 Å². The van der Waals surface area contributed by atoms with Gasteiger partial charge in [0.2, 0.25) is 0 Å². The Morgan fingerprint density at radius 3 is 2.44 bits per heavy atom. The van der Waals surface area contributed by atoms with Gasteiger partial charge in [-0.3, -0.25) is 4.79 Å². The summed E-state index contributed by atoms with van der Waals surface area (Å²) in [4.78, 5) is 12.1. The van der Waals surface area contributed by atoms with Crippen LogP contribution in [0.3, 0.4) is 0 Å². The molecular weight excluding hydrogens is 200 g/mol. The van der Waals surface area contributed by atoms with Crippen molar-refractivity contribution >= 4 is 5.78 Å². The zero-order chi connectivity index (χ0) is 11.5. The van der Waals surface area contributed by atoms with Crippen molar-refractivity contribution in [2.45, 2.75) is 32.3 Å². The van der Waals surface area contributed by atoms with Crippen LogP contribution in [0.1, 0.15) is 35.7 Å². The van der Waals surface area contributed by atoms with Crippen molar-refractivity contribution < 1.29 is 9.53 Å². The number of hydrogen-bond acceptors (Lipinski definition) is 2. The van der Waals surface area contributed by atoms with Crippen molar-refractivity contribution in [1.29, 1.82) is 0 Å². The topological polar surface area (TPSA) is 26.3 Å². The average molecular weight is 218 g/mol. The van der Waals surface area contributed by atoms with Crippen LogP contribution in [-0.4, -0.2) is 19.0 Å². The Kier molecular flexibility index (Phi) is 3.39. The number of aryl methyl sites for hydroxylation is 1.